The van der Waals surface area contributed by atoms with Gasteiger partial charge in [0, 0.05) is 42.0 Å². The Labute approximate surface area is 166 Å². The quantitative estimate of drug-likeness (QED) is 0.627. The van der Waals surface area contributed by atoms with Gasteiger partial charge in [0.05, 0.1) is 10.8 Å². The van der Waals surface area contributed by atoms with Crippen LogP contribution in [0.5, 0.6) is 11.5 Å². The summed E-state index contributed by atoms with van der Waals surface area (Å²) in [5, 5.41) is 13.8. The number of anilines is 2. The maximum atomic E-state index is 12.6. The molecule has 2 aliphatic heterocycles. The Morgan fingerprint density at radius 2 is 1.93 bits per heavy atom. The number of ether oxygens (including phenoxy) is 2. The van der Waals surface area contributed by atoms with Crippen LogP contribution in [0, 0.1) is 23.0 Å². The molecule has 2 amide bonds. The number of amides is 2. The summed E-state index contributed by atoms with van der Waals surface area (Å²) in [4.78, 5) is 37.2. The number of carbonyl (C=O) groups is 2. The number of nitrogens with one attached hydrogen (secondary N) is 1. The molecule has 1 N–H and O–H groups in total. The first-order valence-electron chi connectivity index (χ1n) is 9.18. The normalized spacial score (nSPS) is 17.9. The fraction of sp³-hybridized carbons (Fsp3) is 0.300. The highest BCUT2D eigenvalue weighted by molar-refractivity contribution is 6.03. The SMILES string of the molecule is Cc1ccc(NC(=O)[C@@H]2CC(=O)N(c3ccc4c(c3)OCCO4)C2)cc1[N+](=O)[O-]. The van der Waals surface area contributed by atoms with E-state index in [1.807, 2.05) is 0 Å². The Bertz CT molecular complexity index is 1010. The zero-order chi connectivity index (χ0) is 20.5. The first-order chi connectivity index (χ1) is 13.9. The molecule has 2 aromatic carbocycles. The van der Waals surface area contributed by atoms with Crippen molar-refractivity contribution in [2.24, 2.45) is 5.92 Å². The van der Waals surface area contributed by atoms with Crippen molar-refractivity contribution >= 4 is 28.9 Å². The minimum atomic E-state index is -0.559. The molecule has 1 atom stereocenters. The summed E-state index contributed by atoms with van der Waals surface area (Å²) in [6.07, 6.45) is 0.0637. The lowest BCUT2D eigenvalue weighted by Crippen LogP contribution is -2.28. The molecule has 0 aromatic heterocycles. The molecule has 0 unspecified atom stereocenters. The van der Waals surface area contributed by atoms with E-state index < -0.39 is 10.8 Å². The van der Waals surface area contributed by atoms with Crippen molar-refractivity contribution in [1.29, 1.82) is 0 Å². The largest absolute Gasteiger partial charge is 0.486 e. The molecule has 9 nitrogen and oxygen atoms in total. The smallest absolute Gasteiger partial charge is 0.274 e. The van der Waals surface area contributed by atoms with E-state index in [0.717, 1.165) is 0 Å². The monoisotopic (exact) mass is 397 g/mol. The highest BCUT2D eigenvalue weighted by Gasteiger charge is 2.35. The number of nitro benzene ring substituents is 1. The topological polar surface area (TPSA) is 111 Å². The van der Waals surface area contributed by atoms with E-state index in [1.54, 1.807) is 42.2 Å². The maximum absolute atomic E-state index is 12.6. The fourth-order valence-corrected chi connectivity index (χ4v) is 3.46. The molecule has 0 radical (unpaired) electrons. The van der Waals surface area contributed by atoms with E-state index in [2.05, 4.69) is 5.32 Å². The minimum Gasteiger partial charge on any atom is -0.486 e. The molecule has 0 spiro atoms. The van der Waals surface area contributed by atoms with E-state index >= 15 is 0 Å². The second-order valence-corrected chi connectivity index (χ2v) is 6.98. The van der Waals surface area contributed by atoms with Gasteiger partial charge in [0.15, 0.2) is 11.5 Å². The van der Waals surface area contributed by atoms with Crippen LogP contribution in [0.3, 0.4) is 0 Å². The lowest BCUT2D eigenvalue weighted by atomic mass is 10.1. The van der Waals surface area contributed by atoms with Crippen molar-refractivity contribution in [3.8, 4) is 11.5 Å². The molecule has 2 aliphatic rings. The first kappa shape index (κ1) is 18.7. The van der Waals surface area contributed by atoms with Crippen LogP contribution in [0.2, 0.25) is 0 Å². The van der Waals surface area contributed by atoms with Gasteiger partial charge in [-0.15, -0.1) is 0 Å². The number of nitro groups is 1. The molecule has 1 saturated heterocycles. The number of aryl methyl sites for hydroxylation is 1. The van der Waals surface area contributed by atoms with Crippen LogP contribution in [0.4, 0.5) is 17.1 Å². The van der Waals surface area contributed by atoms with Crippen LogP contribution in [0.25, 0.3) is 0 Å². The Hall–Kier alpha value is -3.62. The average Bonchev–Trinajstić information content (AvgIpc) is 3.10. The summed E-state index contributed by atoms with van der Waals surface area (Å²) in [6.45, 7) is 2.77. The Balaban J connectivity index is 1.47. The molecular formula is C20H19N3O6. The molecule has 0 aliphatic carbocycles. The fourth-order valence-electron chi connectivity index (χ4n) is 3.46. The van der Waals surface area contributed by atoms with Crippen LogP contribution >= 0.6 is 0 Å². The first-order valence-corrected chi connectivity index (χ1v) is 9.18. The summed E-state index contributed by atoms with van der Waals surface area (Å²) in [5.41, 5.74) is 1.41. The summed E-state index contributed by atoms with van der Waals surface area (Å²) in [7, 11) is 0. The third-order valence-corrected chi connectivity index (χ3v) is 5.01. The third kappa shape index (κ3) is 3.71. The lowest BCUT2D eigenvalue weighted by Gasteiger charge is -2.22. The van der Waals surface area contributed by atoms with Gasteiger partial charge in [0.1, 0.15) is 13.2 Å². The molecular weight excluding hydrogens is 378 g/mol. The Morgan fingerprint density at radius 1 is 1.17 bits per heavy atom. The highest BCUT2D eigenvalue weighted by atomic mass is 16.6. The van der Waals surface area contributed by atoms with E-state index in [4.69, 9.17) is 9.47 Å². The van der Waals surface area contributed by atoms with Crippen LogP contribution in [-0.2, 0) is 9.59 Å². The average molecular weight is 397 g/mol. The van der Waals surface area contributed by atoms with Gasteiger partial charge >= 0.3 is 0 Å². The van der Waals surface area contributed by atoms with Gasteiger partial charge in [-0.1, -0.05) is 6.07 Å². The standard InChI is InChI=1S/C20H19N3O6/c1-12-2-3-14(9-16(12)23(26)27)21-20(25)13-8-19(24)22(11-13)15-4-5-17-18(10-15)29-7-6-28-17/h2-5,9-10,13H,6-8,11H2,1H3,(H,21,25)/t13-/m1/s1. The second-order valence-electron chi connectivity index (χ2n) is 6.98. The van der Waals surface area contributed by atoms with Crippen LogP contribution in [0.1, 0.15) is 12.0 Å². The molecule has 4 rings (SSSR count). The Morgan fingerprint density at radius 3 is 2.69 bits per heavy atom. The predicted molar refractivity (Wildman–Crippen MR) is 104 cm³/mol. The summed E-state index contributed by atoms with van der Waals surface area (Å²) in [6, 6.07) is 9.74. The number of benzene rings is 2. The molecule has 150 valence electrons. The second kappa shape index (κ2) is 7.42. The van der Waals surface area contributed by atoms with Crippen molar-refractivity contribution in [1.82, 2.24) is 0 Å². The van der Waals surface area contributed by atoms with E-state index in [-0.39, 0.29) is 30.5 Å². The van der Waals surface area contributed by atoms with Crippen molar-refractivity contribution in [3.63, 3.8) is 0 Å². The number of nitrogens with zero attached hydrogens (tertiary/aromatic N) is 2. The summed E-state index contributed by atoms with van der Waals surface area (Å²) in [5.74, 6) is 0.118. The van der Waals surface area contributed by atoms with Crippen molar-refractivity contribution < 1.29 is 24.0 Å². The molecule has 0 saturated carbocycles. The van der Waals surface area contributed by atoms with Gasteiger partial charge in [-0.3, -0.25) is 19.7 Å². The zero-order valence-corrected chi connectivity index (χ0v) is 15.7. The molecule has 0 bridgehead atoms. The zero-order valence-electron chi connectivity index (χ0n) is 15.7. The molecule has 2 aromatic rings. The van der Waals surface area contributed by atoms with Gasteiger partial charge < -0.3 is 19.7 Å². The number of fused-ring (bicyclic) bond motifs is 1. The summed E-state index contributed by atoms with van der Waals surface area (Å²) < 4.78 is 11.0. The van der Waals surface area contributed by atoms with Crippen LogP contribution in [-0.4, -0.2) is 36.5 Å². The minimum absolute atomic E-state index is 0.0637. The van der Waals surface area contributed by atoms with E-state index in [9.17, 15) is 19.7 Å². The Kier molecular flexibility index (Phi) is 4.79. The maximum Gasteiger partial charge on any atom is 0.274 e. The van der Waals surface area contributed by atoms with Gasteiger partial charge in [0.2, 0.25) is 11.8 Å². The lowest BCUT2D eigenvalue weighted by molar-refractivity contribution is -0.385. The summed E-state index contributed by atoms with van der Waals surface area (Å²) >= 11 is 0. The van der Waals surface area contributed by atoms with E-state index in [0.29, 0.717) is 41.7 Å². The molecule has 29 heavy (non-hydrogen) atoms. The number of rotatable bonds is 4. The van der Waals surface area contributed by atoms with E-state index in [1.165, 1.54) is 6.07 Å². The van der Waals surface area contributed by atoms with Crippen molar-refractivity contribution in [2.75, 3.05) is 30.0 Å². The van der Waals surface area contributed by atoms with Gasteiger partial charge in [-0.05, 0) is 25.1 Å². The highest BCUT2D eigenvalue weighted by Crippen LogP contribution is 2.36. The molecule has 1 fully saturated rings. The van der Waals surface area contributed by atoms with Crippen molar-refractivity contribution in [3.05, 3.63) is 52.1 Å². The number of hydrogen-bond donors (Lipinski definition) is 1. The van der Waals surface area contributed by atoms with Crippen molar-refractivity contribution in [2.45, 2.75) is 13.3 Å². The van der Waals surface area contributed by atoms with Gasteiger partial charge in [0.25, 0.3) is 5.69 Å². The van der Waals surface area contributed by atoms with Crippen LogP contribution < -0.4 is 19.7 Å². The molecule has 9 heteroatoms. The number of carbonyl (C=O) groups excluding carboxylic acids is 2. The molecule has 2 heterocycles. The van der Waals surface area contributed by atoms with Gasteiger partial charge in [-0.2, -0.15) is 0 Å². The van der Waals surface area contributed by atoms with Gasteiger partial charge in [-0.25, -0.2) is 0 Å². The third-order valence-electron chi connectivity index (χ3n) is 5.01. The number of hydrogen-bond acceptors (Lipinski definition) is 6. The van der Waals surface area contributed by atoms with Crippen LogP contribution in [0.15, 0.2) is 36.4 Å². The predicted octanol–water partition coefficient (Wildman–Crippen LogP) is 2.67.